The number of anilines is 1. The zero-order chi connectivity index (χ0) is 20.8. The molecule has 2 unspecified atom stereocenters. The van der Waals surface area contributed by atoms with Crippen LogP contribution in [-0.4, -0.2) is 45.1 Å². The van der Waals surface area contributed by atoms with Gasteiger partial charge in [-0.15, -0.1) is 10.2 Å². The van der Waals surface area contributed by atoms with Gasteiger partial charge in [-0.05, 0) is 11.5 Å². The number of amides is 2. The summed E-state index contributed by atoms with van der Waals surface area (Å²) < 4.78 is 5.54. The standard InChI is InChI=1S/C21H20N6O3/c1-11-14-15(11)17(21(29)27(2)18-16(14)22-8-9-23-18)24-19(28)20-26-25-13(30-20)10-12-6-4-3-5-7-12/h3-9,11,14-15,17H,10H2,1-2H3,(H,24,28)/t11-,14?,15?,17-/m0/s1. The van der Waals surface area contributed by atoms with Crippen molar-refractivity contribution < 1.29 is 14.0 Å². The summed E-state index contributed by atoms with van der Waals surface area (Å²) in [5.41, 5.74) is 1.80. The number of nitrogens with zero attached hydrogens (tertiary/aromatic N) is 5. The van der Waals surface area contributed by atoms with E-state index in [1.54, 1.807) is 19.4 Å². The van der Waals surface area contributed by atoms with Gasteiger partial charge in [-0.25, -0.2) is 4.98 Å². The summed E-state index contributed by atoms with van der Waals surface area (Å²) in [5.74, 6) is 0.177. The highest BCUT2D eigenvalue weighted by Gasteiger charge is 2.59. The number of benzene rings is 1. The van der Waals surface area contributed by atoms with Crippen molar-refractivity contribution in [1.82, 2.24) is 25.5 Å². The monoisotopic (exact) mass is 404 g/mol. The smallest absolute Gasteiger partial charge is 0.309 e. The molecule has 152 valence electrons. The van der Waals surface area contributed by atoms with Crippen molar-refractivity contribution >= 4 is 17.6 Å². The molecule has 1 N–H and O–H groups in total. The second kappa shape index (κ2) is 7.01. The highest BCUT2D eigenvalue weighted by molar-refractivity contribution is 6.02. The minimum atomic E-state index is -0.706. The molecule has 9 heteroatoms. The van der Waals surface area contributed by atoms with Crippen LogP contribution in [-0.2, 0) is 11.2 Å². The SMILES string of the molecule is C[C@H]1C2c3nccnc3N(C)C(=O)[C@@H](NC(=O)c3nnc(Cc4ccccc4)o3)C21. The third kappa shape index (κ3) is 3.02. The topological polar surface area (TPSA) is 114 Å². The fraction of sp³-hybridized carbons (Fsp3) is 0.333. The summed E-state index contributed by atoms with van der Waals surface area (Å²) in [6, 6.07) is 8.94. The third-order valence-corrected chi connectivity index (χ3v) is 5.91. The summed E-state index contributed by atoms with van der Waals surface area (Å²) in [4.78, 5) is 36.1. The Morgan fingerprint density at radius 3 is 2.73 bits per heavy atom. The van der Waals surface area contributed by atoms with Crippen LogP contribution in [0.5, 0.6) is 0 Å². The maximum absolute atomic E-state index is 13.1. The highest BCUT2D eigenvalue weighted by Crippen LogP contribution is 2.58. The Morgan fingerprint density at radius 1 is 1.17 bits per heavy atom. The quantitative estimate of drug-likeness (QED) is 0.702. The lowest BCUT2D eigenvalue weighted by atomic mass is 10.1. The van der Waals surface area contributed by atoms with Gasteiger partial charge in [0.15, 0.2) is 5.82 Å². The molecule has 2 aromatic heterocycles. The molecule has 4 atom stereocenters. The van der Waals surface area contributed by atoms with Gasteiger partial charge in [-0.1, -0.05) is 37.3 Å². The van der Waals surface area contributed by atoms with E-state index in [0.717, 1.165) is 11.3 Å². The van der Waals surface area contributed by atoms with E-state index in [4.69, 9.17) is 4.42 Å². The van der Waals surface area contributed by atoms with Crippen LogP contribution in [0.3, 0.4) is 0 Å². The van der Waals surface area contributed by atoms with E-state index in [0.29, 0.717) is 18.1 Å². The molecule has 0 bridgehead atoms. The molecule has 1 aromatic carbocycles. The molecule has 5 rings (SSSR count). The summed E-state index contributed by atoms with van der Waals surface area (Å²) in [6.07, 6.45) is 3.63. The van der Waals surface area contributed by atoms with E-state index >= 15 is 0 Å². The van der Waals surface area contributed by atoms with Crippen LogP contribution in [0.2, 0.25) is 0 Å². The molecular weight excluding hydrogens is 384 g/mol. The molecule has 9 nitrogen and oxygen atoms in total. The molecule has 1 aliphatic heterocycles. The van der Waals surface area contributed by atoms with Crippen LogP contribution >= 0.6 is 0 Å². The molecule has 0 spiro atoms. The van der Waals surface area contributed by atoms with Crippen molar-refractivity contribution in [3.63, 3.8) is 0 Å². The number of hydrogen-bond acceptors (Lipinski definition) is 7. The van der Waals surface area contributed by atoms with Gasteiger partial charge < -0.3 is 9.73 Å². The number of fused-ring (bicyclic) bond motifs is 3. The summed E-state index contributed by atoms with van der Waals surface area (Å²) in [5, 5.41) is 10.6. The van der Waals surface area contributed by atoms with Gasteiger partial charge in [-0.3, -0.25) is 19.5 Å². The average Bonchev–Trinajstić information content (AvgIpc) is 3.21. The number of rotatable bonds is 4. The Bertz CT molecular complexity index is 1110. The Kier molecular flexibility index (Phi) is 4.30. The van der Waals surface area contributed by atoms with E-state index in [1.165, 1.54) is 4.90 Å². The minimum absolute atomic E-state index is 0.0476. The van der Waals surface area contributed by atoms with Crippen molar-refractivity contribution in [2.45, 2.75) is 25.3 Å². The third-order valence-electron chi connectivity index (χ3n) is 5.91. The van der Waals surface area contributed by atoms with Gasteiger partial charge >= 0.3 is 11.8 Å². The lowest BCUT2D eigenvalue weighted by molar-refractivity contribution is -0.120. The second-order valence-corrected chi connectivity index (χ2v) is 7.74. The average molecular weight is 404 g/mol. The fourth-order valence-corrected chi connectivity index (χ4v) is 4.30. The van der Waals surface area contributed by atoms with E-state index in [9.17, 15) is 9.59 Å². The Labute approximate surface area is 172 Å². The van der Waals surface area contributed by atoms with E-state index in [1.807, 2.05) is 30.3 Å². The molecule has 1 fully saturated rings. The van der Waals surface area contributed by atoms with Gasteiger partial charge in [0.1, 0.15) is 6.04 Å². The van der Waals surface area contributed by atoms with Crippen molar-refractivity contribution in [2.24, 2.45) is 11.8 Å². The van der Waals surface area contributed by atoms with Crippen molar-refractivity contribution in [1.29, 1.82) is 0 Å². The summed E-state index contributed by atoms with van der Waals surface area (Å²) >= 11 is 0. The van der Waals surface area contributed by atoms with Crippen LogP contribution < -0.4 is 10.2 Å². The van der Waals surface area contributed by atoms with Crippen LogP contribution in [0.25, 0.3) is 0 Å². The number of hydrogen-bond donors (Lipinski definition) is 1. The largest absolute Gasteiger partial charge is 0.417 e. The molecule has 2 aliphatic rings. The van der Waals surface area contributed by atoms with Gasteiger partial charge in [0.05, 0.1) is 12.1 Å². The van der Waals surface area contributed by atoms with E-state index in [2.05, 4.69) is 32.4 Å². The molecule has 30 heavy (non-hydrogen) atoms. The summed E-state index contributed by atoms with van der Waals surface area (Å²) in [7, 11) is 1.65. The van der Waals surface area contributed by atoms with Crippen molar-refractivity contribution in [3.8, 4) is 0 Å². The zero-order valence-corrected chi connectivity index (χ0v) is 16.5. The molecule has 1 aliphatic carbocycles. The molecule has 3 aromatic rings. The van der Waals surface area contributed by atoms with Crippen LogP contribution in [0, 0.1) is 11.8 Å². The number of likely N-dealkylation sites (N-methyl/N-ethyl adjacent to an activating group) is 1. The molecule has 1 saturated carbocycles. The Balaban J connectivity index is 1.35. The first-order valence-electron chi connectivity index (χ1n) is 9.80. The molecule has 0 saturated heterocycles. The fourth-order valence-electron chi connectivity index (χ4n) is 4.30. The van der Waals surface area contributed by atoms with Gasteiger partial charge in [0.2, 0.25) is 5.89 Å². The number of nitrogens with one attached hydrogen (secondary N) is 1. The maximum Gasteiger partial charge on any atom is 0.309 e. The second-order valence-electron chi connectivity index (χ2n) is 7.74. The lowest BCUT2D eigenvalue weighted by Crippen LogP contribution is -2.49. The van der Waals surface area contributed by atoms with Crippen LogP contribution in [0.15, 0.2) is 47.1 Å². The molecule has 2 amide bonds. The van der Waals surface area contributed by atoms with Crippen LogP contribution in [0.4, 0.5) is 5.82 Å². The lowest BCUT2D eigenvalue weighted by Gasteiger charge is -2.22. The van der Waals surface area contributed by atoms with Crippen molar-refractivity contribution in [3.05, 3.63) is 65.8 Å². The molecule has 3 heterocycles. The number of aromatic nitrogens is 4. The number of carbonyl (C=O) groups excluding carboxylic acids is 2. The normalized spacial score (nSPS) is 24.6. The van der Waals surface area contributed by atoms with Gasteiger partial charge in [-0.2, -0.15) is 0 Å². The zero-order valence-electron chi connectivity index (χ0n) is 16.5. The number of carbonyl (C=O) groups is 2. The van der Waals surface area contributed by atoms with Gasteiger partial charge in [0, 0.05) is 31.3 Å². The first-order chi connectivity index (χ1) is 14.5. The first kappa shape index (κ1) is 18.4. The first-order valence-corrected chi connectivity index (χ1v) is 9.80. The predicted octanol–water partition coefficient (Wildman–Crippen LogP) is 1.57. The Morgan fingerprint density at radius 2 is 1.93 bits per heavy atom. The molecular formula is C21H20N6O3. The maximum atomic E-state index is 13.1. The summed E-state index contributed by atoms with van der Waals surface area (Å²) in [6.45, 7) is 2.05. The molecule has 0 radical (unpaired) electrons. The highest BCUT2D eigenvalue weighted by atomic mass is 16.4. The van der Waals surface area contributed by atoms with Crippen LogP contribution in [0.1, 0.15) is 40.7 Å². The van der Waals surface area contributed by atoms with Gasteiger partial charge in [0.25, 0.3) is 5.91 Å². The minimum Gasteiger partial charge on any atom is -0.417 e. The Hall–Kier alpha value is -3.62. The predicted molar refractivity (Wildman–Crippen MR) is 106 cm³/mol. The van der Waals surface area contributed by atoms with Crippen molar-refractivity contribution in [2.75, 3.05) is 11.9 Å². The van der Waals surface area contributed by atoms with E-state index in [-0.39, 0.29) is 29.6 Å². The van der Waals surface area contributed by atoms with E-state index < -0.39 is 11.9 Å².